The standard InChI is InChI=1S/C12H8N2O/c15-10-5-1-3-8-7-14-12-9(11(8)10)4-2-6-13-12/h1-7,15H. The van der Waals surface area contributed by atoms with E-state index < -0.39 is 0 Å². The number of phenols is 1. The minimum Gasteiger partial charge on any atom is -0.507 e. The van der Waals surface area contributed by atoms with Crippen molar-refractivity contribution in [2.24, 2.45) is 0 Å². The molecule has 3 heteroatoms. The van der Waals surface area contributed by atoms with Crippen molar-refractivity contribution in [1.82, 2.24) is 9.97 Å². The Morgan fingerprint density at radius 3 is 2.87 bits per heavy atom. The van der Waals surface area contributed by atoms with Gasteiger partial charge in [0.15, 0.2) is 5.65 Å². The van der Waals surface area contributed by atoms with Crippen LogP contribution in [0.1, 0.15) is 0 Å². The van der Waals surface area contributed by atoms with Gasteiger partial charge in [-0.25, -0.2) is 9.97 Å². The van der Waals surface area contributed by atoms with Crippen LogP contribution in [0.15, 0.2) is 42.7 Å². The summed E-state index contributed by atoms with van der Waals surface area (Å²) in [6.45, 7) is 0. The fraction of sp³-hybridized carbons (Fsp3) is 0. The van der Waals surface area contributed by atoms with Gasteiger partial charge in [-0.2, -0.15) is 0 Å². The summed E-state index contributed by atoms with van der Waals surface area (Å²) in [5.74, 6) is 0.271. The zero-order chi connectivity index (χ0) is 10.3. The Kier molecular flexibility index (Phi) is 1.59. The SMILES string of the molecule is Oc1cccc2cnc3ncccc3c12. The summed E-state index contributed by atoms with van der Waals surface area (Å²) in [5.41, 5.74) is 0.659. The normalized spacial score (nSPS) is 10.9. The predicted molar refractivity (Wildman–Crippen MR) is 58.7 cm³/mol. The van der Waals surface area contributed by atoms with Gasteiger partial charge in [-0.1, -0.05) is 12.1 Å². The molecule has 0 bridgehead atoms. The number of fused-ring (bicyclic) bond motifs is 3. The number of nitrogens with zero attached hydrogens (tertiary/aromatic N) is 2. The second-order valence-corrected chi connectivity index (χ2v) is 3.37. The van der Waals surface area contributed by atoms with Crippen molar-refractivity contribution in [3.05, 3.63) is 42.7 Å². The van der Waals surface area contributed by atoms with Gasteiger partial charge in [0.1, 0.15) is 5.75 Å². The fourth-order valence-corrected chi connectivity index (χ4v) is 1.78. The van der Waals surface area contributed by atoms with Gasteiger partial charge in [0.05, 0.1) is 0 Å². The van der Waals surface area contributed by atoms with Gasteiger partial charge < -0.3 is 5.11 Å². The van der Waals surface area contributed by atoms with Gasteiger partial charge in [-0.3, -0.25) is 0 Å². The van der Waals surface area contributed by atoms with Crippen molar-refractivity contribution >= 4 is 21.8 Å². The zero-order valence-electron chi connectivity index (χ0n) is 7.88. The van der Waals surface area contributed by atoms with Crippen LogP contribution in [0.5, 0.6) is 5.75 Å². The lowest BCUT2D eigenvalue weighted by atomic mass is 10.1. The van der Waals surface area contributed by atoms with E-state index in [9.17, 15) is 5.11 Å². The van der Waals surface area contributed by atoms with Crippen LogP contribution >= 0.6 is 0 Å². The third-order valence-electron chi connectivity index (χ3n) is 2.46. The van der Waals surface area contributed by atoms with Crippen LogP contribution in [-0.4, -0.2) is 15.1 Å². The highest BCUT2D eigenvalue weighted by atomic mass is 16.3. The predicted octanol–water partition coefficient (Wildman–Crippen LogP) is 2.49. The van der Waals surface area contributed by atoms with Crippen LogP contribution in [0.3, 0.4) is 0 Å². The van der Waals surface area contributed by atoms with E-state index in [1.807, 2.05) is 24.3 Å². The van der Waals surface area contributed by atoms with Crippen LogP contribution in [0, 0.1) is 0 Å². The average molecular weight is 196 g/mol. The molecule has 0 atom stereocenters. The van der Waals surface area contributed by atoms with E-state index >= 15 is 0 Å². The van der Waals surface area contributed by atoms with Crippen molar-refractivity contribution in [3.8, 4) is 5.75 Å². The summed E-state index contributed by atoms with van der Waals surface area (Å²) < 4.78 is 0. The number of aromatic hydroxyl groups is 1. The van der Waals surface area contributed by atoms with Gasteiger partial charge in [0.2, 0.25) is 0 Å². The highest BCUT2D eigenvalue weighted by Gasteiger charge is 2.05. The van der Waals surface area contributed by atoms with Gasteiger partial charge in [-0.05, 0) is 18.2 Å². The molecule has 0 amide bonds. The van der Waals surface area contributed by atoms with Gasteiger partial charge >= 0.3 is 0 Å². The largest absolute Gasteiger partial charge is 0.507 e. The van der Waals surface area contributed by atoms with E-state index in [1.54, 1.807) is 18.5 Å². The molecule has 15 heavy (non-hydrogen) atoms. The fourth-order valence-electron chi connectivity index (χ4n) is 1.78. The second kappa shape index (κ2) is 2.92. The molecule has 0 saturated carbocycles. The third kappa shape index (κ3) is 1.13. The molecule has 0 radical (unpaired) electrons. The Balaban J connectivity index is 2.64. The Labute approximate surface area is 86.0 Å². The minimum atomic E-state index is 0.271. The number of hydrogen-bond donors (Lipinski definition) is 1. The van der Waals surface area contributed by atoms with Crippen LogP contribution < -0.4 is 0 Å². The summed E-state index contributed by atoms with van der Waals surface area (Å²) in [6, 6.07) is 9.16. The molecule has 3 aromatic rings. The molecule has 3 rings (SSSR count). The van der Waals surface area contributed by atoms with E-state index in [2.05, 4.69) is 9.97 Å². The molecule has 0 spiro atoms. The zero-order valence-corrected chi connectivity index (χ0v) is 7.88. The number of rotatable bonds is 0. The second-order valence-electron chi connectivity index (χ2n) is 3.37. The molecule has 0 aliphatic heterocycles. The first-order valence-electron chi connectivity index (χ1n) is 4.68. The maximum atomic E-state index is 9.81. The molecule has 1 N–H and O–H groups in total. The average Bonchev–Trinajstić information content (AvgIpc) is 2.29. The first-order chi connectivity index (χ1) is 7.36. The van der Waals surface area contributed by atoms with E-state index in [4.69, 9.17) is 0 Å². The molecule has 0 aliphatic rings. The first-order valence-corrected chi connectivity index (χ1v) is 4.68. The van der Waals surface area contributed by atoms with Crippen LogP contribution in [0.25, 0.3) is 21.8 Å². The van der Waals surface area contributed by atoms with Gasteiger partial charge in [0.25, 0.3) is 0 Å². The number of benzene rings is 1. The lowest BCUT2D eigenvalue weighted by molar-refractivity contribution is 0.482. The van der Waals surface area contributed by atoms with Crippen molar-refractivity contribution < 1.29 is 5.11 Å². The molecule has 0 fully saturated rings. The van der Waals surface area contributed by atoms with Gasteiger partial charge in [-0.15, -0.1) is 0 Å². The molecular weight excluding hydrogens is 188 g/mol. The van der Waals surface area contributed by atoms with E-state index in [0.29, 0.717) is 5.65 Å². The van der Waals surface area contributed by atoms with E-state index in [-0.39, 0.29) is 5.75 Å². The maximum absolute atomic E-state index is 9.81. The Hall–Kier alpha value is -2.16. The van der Waals surface area contributed by atoms with E-state index in [1.165, 1.54) is 0 Å². The van der Waals surface area contributed by atoms with Crippen molar-refractivity contribution in [3.63, 3.8) is 0 Å². The minimum absolute atomic E-state index is 0.271. The quantitative estimate of drug-likeness (QED) is 0.562. The van der Waals surface area contributed by atoms with Gasteiger partial charge in [0, 0.05) is 28.6 Å². The number of pyridine rings is 2. The topological polar surface area (TPSA) is 46.0 Å². The summed E-state index contributed by atoms with van der Waals surface area (Å²) in [7, 11) is 0. The molecule has 3 nitrogen and oxygen atoms in total. The van der Waals surface area contributed by atoms with E-state index in [0.717, 1.165) is 16.2 Å². The molecule has 2 aromatic heterocycles. The molecule has 72 valence electrons. The number of phenolic OH excluding ortho intramolecular Hbond substituents is 1. The molecule has 2 heterocycles. The Bertz CT molecular complexity index is 649. The number of hydrogen-bond acceptors (Lipinski definition) is 3. The summed E-state index contributed by atoms with van der Waals surface area (Å²) in [6.07, 6.45) is 3.42. The highest BCUT2D eigenvalue weighted by Crippen LogP contribution is 2.29. The first kappa shape index (κ1) is 8.17. The third-order valence-corrected chi connectivity index (χ3v) is 2.46. The summed E-state index contributed by atoms with van der Waals surface area (Å²) in [5, 5.41) is 12.4. The molecular formula is C12H8N2O. The smallest absolute Gasteiger partial charge is 0.159 e. The molecule has 0 unspecified atom stereocenters. The maximum Gasteiger partial charge on any atom is 0.159 e. The summed E-state index contributed by atoms with van der Waals surface area (Å²) in [4.78, 5) is 8.38. The number of aromatic nitrogens is 2. The monoisotopic (exact) mass is 196 g/mol. The molecule has 0 saturated heterocycles. The van der Waals surface area contributed by atoms with Crippen LogP contribution in [0.2, 0.25) is 0 Å². The summed E-state index contributed by atoms with van der Waals surface area (Å²) >= 11 is 0. The van der Waals surface area contributed by atoms with Crippen molar-refractivity contribution in [2.45, 2.75) is 0 Å². The highest BCUT2D eigenvalue weighted by molar-refractivity contribution is 6.07. The van der Waals surface area contributed by atoms with Crippen LogP contribution in [0.4, 0.5) is 0 Å². The van der Waals surface area contributed by atoms with Crippen LogP contribution in [-0.2, 0) is 0 Å². The lowest BCUT2D eigenvalue weighted by Crippen LogP contribution is -1.84. The van der Waals surface area contributed by atoms with Crippen molar-refractivity contribution in [1.29, 1.82) is 0 Å². The Morgan fingerprint density at radius 2 is 1.93 bits per heavy atom. The van der Waals surface area contributed by atoms with Crippen molar-refractivity contribution in [2.75, 3.05) is 0 Å². The Morgan fingerprint density at radius 1 is 1.00 bits per heavy atom. The molecule has 1 aromatic carbocycles. The molecule has 0 aliphatic carbocycles. The lowest BCUT2D eigenvalue weighted by Gasteiger charge is -2.03.